The Morgan fingerprint density at radius 3 is 1.25 bits per heavy atom. The predicted octanol–water partition coefficient (Wildman–Crippen LogP) is -1.74. The third-order valence-electron chi connectivity index (χ3n) is 6.95. The average Bonchev–Trinajstić information content (AvgIpc) is 3.59. The van der Waals surface area contributed by atoms with Crippen molar-refractivity contribution < 1.29 is 55.8 Å². The minimum Gasteiger partial charge on any atom is -1.00 e. The van der Waals surface area contributed by atoms with Crippen molar-refractivity contribution in [3.63, 3.8) is 0 Å². The summed E-state index contributed by atoms with van der Waals surface area (Å²) in [6.07, 6.45) is 0. The molecule has 4 aromatic carbocycles. The van der Waals surface area contributed by atoms with E-state index in [0.717, 1.165) is 56.5 Å². The Labute approximate surface area is 286 Å². The number of hydrogen-bond donors (Lipinski definition) is 2. The average molecular weight is 679 g/mol. The maximum Gasteiger partial charge on any atom is 3.00 e. The van der Waals surface area contributed by atoms with Crippen LogP contribution in [-0.2, 0) is 31.9 Å². The van der Waals surface area contributed by atoms with E-state index < -0.39 is 0 Å². The van der Waals surface area contributed by atoms with Crippen molar-refractivity contribution in [2.45, 2.75) is 13.3 Å². The number of halogens is 3. The summed E-state index contributed by atoms with van der Waals surface area (Å²) in [6.45, 7) is 1.12. The van der Waals surface area contributed by atoms with Gasteiger partial charge in [0.1, 0.15) is 11.4 Å². The van der Waals surface area contributed by atoms with E-state index >= 15 is 0 Å². The van der Waals surface area contributed by atoms with E-state index in [-0.39, 0.29) is 55.8 Å². The number of rotatable bonds is 8. The van der Waals surface area contributed by atoms with Gasteiger partial charge in [0.25, 0.3) is 0 Å². The summed E-state index contributed by atoms with van der Waals surface area (Å²) in [7, 11) is 0. The van der Waals surface area contributed by atoms with Gasteiger partial charge in [-0.2, -0.15) is 0 Å². The van der Waals surface area contributed by atoms with Crippen LogP contribution in [0.2, 0.25) is 0 Å². The fourth-order valence-electron chi connectivity index (χ4n) is 5.00. The SMILES string of the molecule is [Cl-].[Cl-].[Cl-].[V+3].c1ccc(NCn2c(-c3cccc(-c4nc5ccccc5n4CNc4ccccc4)n3)nc3ccccc32)cc1. The van der Waals surface area contributed by atoms with E-state index in [1.165, 1.54) is 0 Å². The Bertz CT molecular complexity index is 1790. The van der Waals surface area contributed by atoms with Gasteiger partial charge in [-0.25, -0.2) is 15.0 Å². The number of hydrogen-bond acceptors (Lipinski definition) is 5. The molecule has 7 nitrogen and oxygen atoms in total. The van der Waals surface area contributed by atoms with E-state index in [4.69, 9.17) is 15.0 Å². The number of aromatic nitrogens is 5. The third-order valence-corrected chi connectivity index (χ3v) is 6.95. The second-order valence-electron chi connectivity index (χ2n) is 9.51. The van der Waals surface area contributed by atoms with Gasteiger partial charge in [0.2, 0.25) is 0 Å². The molecule has 0 amide bonds. The normalized spacial score (nSPS) is 10.2. The number of fused-ring (bicyclic) bond motifs is 2. The molecular formula is C33H27Cl3N7V. The van der Waals surface area contributed by atoms with Gasteiger partial charge >= 0.3 is 18.6 Å². The van der Waals surface area contributed by atoms with E-state index in [1.54, 1.807) is 0 Å². The molecule has 3 aromatic heterocycles. The van der Waals surface area contributed by atoms with Gasteiger partial charge in [-0.1, -0.05) is 66.7 Å². The van der Waals surface area contributed by atoms with Gasteiger partial charge in [-0.3, -0.25) is 0 Å². The molecule has 7 aromatic rings. The number of nitrogens with one attached hydrogen (secondary N) is 2. The van der Waals surface area contributed by atoms with Crippen LogP contribution in [0, 0.1) is 0 Å². The van der Waals surface area contributed by atoms with E-state index in [0.29, 0.717) is 13.3 Å². The molecule has 0 aliphatic rings. The fourth-order valence-corrected chi connectivity index (χ4v) is 5.00. The first-order valence-corrected chi connectivity index (χ1v) is 13.3. The number of pyridine rings is 1. The Morgan fingerprint density at radius 1 is 0.432 bits per heavy atom. The molecule has 2 N–H and O–H groups in total. The van der Waals surface area contributed by atoms with E-state index in [9.17, 15) is 0 Å². The molecule has 0 saturated carbocycles. The molecule has 0 radical (unpaired) electrons. The summed E-state index contributed by atoms with van der Waals surface area (Å²) in [6, 6.07) is 42.8. The number of benzene rings is 4. The molecule has 220 valence electrons. The summed E-state index contributed by atoms with van der Waals surface area (Å²) < 4.78 is 4.35. The van der Waals surface area contributed by atoms with Crippen LogP contribution < -0.4 is 47.9 Å². The molecule has 11 heteroatoms. The Kier molecular flexibility index (Phi) is 12.3. The van der Waals surface area contributed by atoms with Crippen molar-refractivity contribution >= 4 is 33.4 Å². The maximum absolute atomic E-state index is 5.11. The van der Waals surface area contributed by atoms with Gasteiger partial charge in [-0.15, -0.1) is 0 Å². The molecule has 7 rings (SSSR count). The minimum absolute atomic E-state index is 0. The quantitative estimate of drug-likeness (QED) is 0.200. The molecule has 3 heterocycles. The first-order valence-electron chi connectivity index (χ1n) is 13.3. The summed E-state index contributed by atoms with van der Waals surface area (Å²) in [5, 5.41) is 7.05. The van der Waals surface area contributed by atoms with Crippen LogP contribution in [0.3, 0.4) is 0 Å². The van der Waals surface area contributed by atoms with Crippen molar-refractivity contribution in [3.8, 4) is 23.0 Å². The van der Waals surface area contributed by atoms with E-state index in [1.807, 2.05) is 91.0 Å². The first kappa shape index (κ1) is 34.5. The second-order valence-corrected chi connectivity index (χ2v) is 9.51. The molecule has 0 aliphatic carbocycles. The van der Waals surface area contributed by atoms with Crippen molar-refractivity contribution in [2.24, 2.45) is 0 Å². The van der Waals surface area contributed by atoms with Crippen LogP contribution in [0.4, 0.5) is 11.4 Å². The monoisotopic (exact) mass is 677 g/mol. The maximum atomic E-state index is 5.11. The number of nitrogens with zero attached hydrogens (tertiary/aromatic N) is 5. The Morgan fingerprint density at radius 2 is 0.818 bits per heavy atom. The zero-order chi connectivity index (χ0) is 26.7. The van der Waals surface area contributed by atoms with Crippen molar-refractivity contribution in [1.82, 2.24) is 24.1 Å². The van der Waals surface area contributed by atoms with Crippen LogP contribution in [0.1, 0.15) is 0 Å². The van der Waals surface area contributed by atoms with Gasteiger partial charge in [0, 0.05) is 11.4 Å². The second kappa shape index (κ2) is 15.7. The summed E-state index contributed by atoms with van der Waals surface area (Å²) in [5.41, 5.74) is 7.63. The fraction of sp³-hybridized carbons (Fsp3) is 0.0606. The molecule has 0 atom stereocenters. The van der Waals surface area contributed by atoms with Crippen LogP contribution >= 0.6 is 0 Å². The molecule has 0 bridgehead atoms. The summed E-state index contributed by atoms with van der Waals surface area (Å²) >= 11 is 0. The summed E-state index contributed by atoms with van der Waals surface area (Å²) in [4.78, 5) is 15.1. The van der Waals surface area contributed by atoms with Crippen LogP contribution in [0.5, 0.6) is 0 Å². The molecule has 0 saturated heterocycles. The Hall–Kier alpha value is -3.98. The topological polar surface area (TPSA) is 72.6 Å². The number of imidazole rings is 2. The largest absolute Gasteiger partial charge is 3.00 e. The minimum atomic E-state index is 0. The number of anilines is 2. The van der Waals surface area contributed by atoms with Gasteiger partial charge in [0.15, 0.2) is 11.6 Å². The van der Waals surface area contributed by atoms with Crippen LogP contribution in [-0.4, -0.2) is 24.1 Å². The zero-order valence-corrected chi connectivity index (χ0v) is 27.0. The smallest absolute Gasteiger partial charge is 1.00 e. The molecule has 0 aliphatic heterocycles. The van der Waals surface area contributed by atoms with Gasteiger partial charge < -0.3 is 57.0 Å². The Balaban J connectivity index is 0.00000132. The molecule has 0 fully saturated rings. The standard InChI is InChI=1S/C33H27N7.3ClH.V/c1-3-12-24(13-4-1)34-22-39-30-20-9-7-16-26(30)37-32(39)28-18-11-19-29(36-28)33-38-27-17-8-10-21-31(27)40(33)23-35-25-14-5-2-6-15-25;;;;/h1-21,34-35H,22-23H2;3*1H;/q;;;;+3/p-3. The first-order chi connectivity index (χ1) is 19.8. The van der Waals surface area contributed by atoms with E-state index in [2.05, 4.69) is 56.2 Å². The van der Waals surface area contributed by atoms with Crippen molar-refractivity contribution in [3.05, 3.63) is 127 Å². The van der Waals surface area contributed by atoms with Crippen LogP contribution in [0.15, 0.2) is 127 Å². The van der Waals surface area contributed by atoms with Crippen molar-refractivity contribution in [1.29, 1.82) is 0 Å². The molecular weight excluding hydrogens is 652 g/mol. The molecule has 0 unspecified atom stereocenters. The third kappa shape index (κ3) is 7.04. The van der Waals surface area contributed by atoms with Gasteiger partial charge in [0.05, 0.1) is 35.4 Å². The number of para-hydroxylation sites is 6. The molecule has 44 heavy (non-hydrogen) atoms. The zero-order valence-electron chi connectivity index (χ0n) is 23.4. The predicted molar refractivity (Wildman–Crippen MR) is 162 cm³/mol. The van der Waals surface area contributed by atoms with Crippen molar-refractivity contribution in [2.75, 3.05) is 10.6 Å². The van der Waals surface area contributed by atoms with Gasteiger partial charge in [-0.05, 0) is 60.7 Å². The van der Waals surface area contributed by atoms with Crippen LogP contribution in [0.25, 0.3) is 45.1 Å². The molecule has 0 spiro atoms. The summed E-state index contributed by atoms with van der Waals surface area (Å²) in [5.74, 6) is 1.60.